The lowest BCUT2D eigenvalue weighted by molar-refractivity contribution is -0.138. The van der Waals surface area contributed by atoms with Crippen LogP contribution < -0.4 is 5.32 Å². The summed E-state index contributed by atoms with van der Waals surface area (Å²) < 4.78 is 13.2. The Kier molecular flexibility index (Phi) is 5.81. The molecule has 1 N–H and O–H groups in total. The zero-order valence-electron chi connectivity index (χ0n) is 12.9. The lowest BCUT2D eigenvalue weighted by atomic mass is 9.88. The number of rotatable bonds is 6. The van der Waals surface area contributed by atoms with Gasteiger partial charge in [-0.3, -0.25) is 4.79 Å². The minimum atomic E-state index is -0.203. The second-order valence-electron chi connectivity index (χ2n) is 6.35. The third kappa shape index (κ3) is 3.99. The molecular weight excluding hydrogens is 303 g/mol. The van der Waals surface area contributed by atoms with E-state index in [0.29, 0.717) is 18.5 Å². The first-order valence-electron chi connectivity index (χ1n) is 7.91. The summed E-state index contributed by atoms with van der Waals surface area (Å²) in [5, 5.41) is 3.23. The Balaban J connectivity index is 0.00000176. The number of amides is 1. The predicted octanol–water partition coefficient (Wildman–Crippen LogP) is 2.64. The first-order chi connectivity index (χ1) is 10.1. The zero-order valence-corrected chi connectivity index (χ0v) is 13.7. The highest BCUT2D eigenvalue weighted by atomic mass is 35.5. The van der Waals surface area contributed by atoms with Crippen LogP contribution in [0.4, 0.5) is 4.39 Å². The molecule has 122 valence electrons. The van der Waals surface area contributed by atoms with Gasteiger partial charge in [0.15, 0.2) is 0 Å². The molecule has 1 aliphatic carbocycles. The maximum atomic E-state index is 13.2. The molecule has 5 heteroatoms. The fourth-order valence-corrected chi connectivity index (χ4v) is 2.93. The molecule has 1 heterocycles. The van der Waals surface area contributed by atoms with Gasteiger partial charge in [-0.15, -0.1) is 12.4 Å². The molecule has 0 spiro atoms. The Morgan fingerprint density at radius 2 is 2.14 bits per heavy atom. The molecule has 0 aromatic heterocycles. The van der Waals surface area contributed by atoms with E-state index in [9.17, 15) is 9.18 Å². The fraction of sp³-hybridized carbons (Fsp3) is 0.588. The average Bonchev–Trinajstić information content (AvgIpc) is 3.21. The second kappa shape index (κ2) is 7.42. The molecule has 1 aromatic rings. The van der Waals surface area contributed by atoms with E-state index in [1.807, 2.05) is 17.9 Å². The summed E-state index contributed by atoms with van der Waals surface area (Å²) in [5.41, 5.74) is 0.964. The number of carbonyl (C=O) groups excluding carboxylic acids is 1. The molecular formula is C17H24ClFN2O. The normalized spacial score (nSPS) is 19.0. The van der Waals surface area contributed by atoms with Crippen LogP contribution >= 0.6 is 12.4 Å². The number of nitrogens with one attached hydrogen (secondary N) is 1. The van der Waals surface area contributed by atoms with Crippen LogP contribution in [0.2, 0.25) is 0 Å². The zero-order chi connectivity index (χ0) is 14.8. The van der Waals surface area contributed by atoms with Crippen molar-refractivity contribution in [3.63, 3.8) is 0 Å². The monoisotopic (exact) mass is 326 g/mol. The highest BCUT2D eigenvalue weighted by molar-refractivity contribution is 5.85. The lowest BCUT2D eigenvalue weighted by Crippen LogP contribution is -2.51. The quantitative estimate of drug-likeness (QED) is 0.871. The fourth-order valence-electron chi connectivity index (χ4n) is 2.93. The second-order valence-corrected chi connectivity index (χ2v) is 6.35. The summed E-state index contributed by atoms with van der Waals surface area (Å²) in [6, 6.07) is 7.10. The van der Waals surface area contributed by atoms with Gasteiger partial charge in [-0.2, -0.15) is 0 Å². The largest absolute Gasteiger partial charge is 0.339 e. The molecule has 3 nitrogen and oxygen atoms in total. The first kappa shape index (κ1) is 17.2. The van der Waals surface area contributed by atoms with Crippen molar-refractivity contribution in [1.82, 2.24) is 10.2 Å². The summed E-state index contributed by atoms with van der Waals surface area (Å²) in [7, 11) is 0. The van der Waals surface area contributed by atoms with Crippen LogP contribution in [-0.4, -0.2) is 36.5 Å². The van der Waals surface area contributed by atoms with Gasteiger partial charge in [0.1, 0.15) is 5.82 Å². The molecule has 1 aliphatic heterocycles. The molecule has 3 rings (SSSR count). The smallest absolute Gasteiger partial charge is 0.226 e. The number of nitrogens with zero attached hydrogens (tertiary/aromatic N) is 1. The molecule has 1 unspecified atom stereocenters. The Hall–Kier alpha value is -1.13. The topological polar surface area (TPSA) is 32.3 Å². The number of benzene rings is 1. The van der Waals surface area contributed by atoms with E-state index in [0.717, 1.165) is 37.9 Å². The number of hydrogen-bond acceptors (Lipinski definition) is 2. The predicted molar refractivity (Wildman–Crippen MR) is 87.6 cm³/mol. The Morgan fingerprint density at radius 3 is 2.68 bits per heavy atom. The van der Waals surface area contributed by atoms with Crippen LogP contribution in [0.3, 0.4) is 0 Å². The standard InChI is InChI=1S/C17H23FN2O.ClH/c1-12(14-10-19-11-14)17(21)20(16-5-6-16)8-7-13-3-2-4-15(18)9-13;/h2-4,9,12,14,16,19H,5-8,10-11H2,1H3;1H. The summed E-state index contributed by atoms with van der Waals surface area (Å²) in [5.74, 6) is 0.651. The maximum absolute atomic E-state index is 13.2. The van der Waals surface area contributed by atoms with Crippen molar-refractivity contribution in [2.75, 3.05) is 19.6 Å². The van der Waals surface area contributed by atoms with Crippen molar-refractivity contribution in [3.8, 4) is 0 Å². The molecule has 22 heavy (non-hydrogen) atoms. The van der Waals surface area contributed by atoms with E-state index in [1.165, 1.54) is 6.07 Å². The SMILES string of the molecule is CC(C(=O)N(CCc1cccc(F)c1)C1CC1)C1CNC1.Cl. The molecule has 1 aromatic carbocycles. The Morgan fingerprint density at radius 1 is 1.41 bits per heavy atom. The number of halogens is 2. The van der Waals surface area contributed by atoms with E-state index >= 15 is 0 Å². The maximum Gasteiger partial charge on any atom is 0.226 e. The van der Waals surface area contributed by atoms with Crippen molar-refractivity contribution in [3.05, 3.63) is 35.6 Å². The van der Waals surface area contributed by atoms with E-state index < -0.39 is 0 Å². The van der Waals surface area contributed by atoms with E-state index in [-0.39, 0.29) is 30.0 Å². The highest BCUT2D eigenvalue weighted by Gasteiger charge is 2.37. The van der Waals surface area contributed by atoms with Gasteiger partial charge in [0.25, 0.3) is 0 Å². The summed E-state index contributed by atoms with van der Waals surface area (Å²) >= 11 is 0. The molecule has 1 saturated carbocycles. The lowest BCUT2D eigenvalue weighted by Gasteiger charge is -2.35. The van der Waals surface area contributed by atoms with Gasteiger partial charge in [0.05, 0.1) is 0 Å². The minimum Gasteiger partial charge on any atom is -0.339 e. The van der Waals surface area contributed by atoms with Crippen LogP contribution in [0.1, 0.15) is 25.3 Å². The van der Waals surface area contributed by atoms with Crippen LogP contribution in [-0.2, 0) is 11.2 Å². The third-order valence-electron chi connectivity index (χ3n) is 4.71. The summed E-state index contributed by atoms with van der Waals surface area (Å²) in [6.07, 6.45) is 2.96. The van der Waals surface area contributed by atoms with Crippen LogP contribution in [0.5, 0.6) is 0 Å². The molecule has 2 fully saturated rings. The number of carbonyl (C=O) groups is 1. The van der Waals surface area contributed by atoms with Gasteiger partial charge in [-0.05, 0) is 56.0 Å². The van der Waals surface area contributed by atoms with Crippen molar-refractivity contribution in [1.29, 1.82) is 0 Å². The molecule has 1 amide bonds. The summed E-state index contributed by atoms with van der Waals surface area (Å²) in [6.45, 7) is 4.66. The van der Waals surface area contributed by atoms with Gasteiger partial charge in [0, 0.05) is 18.5 Å². The highest BCUT2D eigenvalue weighted by Crippen LogP contribution is 2.30. The summed E-state index contributed by atoms with van der Waals surface area (Å²) in [4.78, 5) is 14.7. The minimum absolute atomic E-state index is 0. The van der Waals surface area contributed by atoms with Crippen molar-refractivity contribution >= 4 is 18.3 Å². The molecule has 2 aliphatic rings. The van der Waals surface area contributed by atoms with Gasteiger partial charge in [-0.1, -0.05) is 19.1 Å². The van der Waals surface area contributed by atoms with Gasteiger partial charge in [-0.25, -0.2) is 4.39 Å². The molecule has 0 bridgehead atoms. The molecule has 1 atom stereocenters. The van der Waals surface area contributed by atoms with E-state index in [4.69, 9.17) is 0 Å². The van der Waals surface area contributed by atoms with Gasteiger partial charge >= 0.3 is 0 Å². The van der Waals surface area contributed by atoms with Crippen LogP contribution in [0.15, 0.2) is 24.3 Å². The van der Waals surface area contributed by atoms with E-state index in [2.05, 4.69) is 5.32 Å². The molecule has 1 saturated heterocycles. The van der Waals surface area contributed by atoms with Crippen LogP contribution in [0, 0.1) is 17.7 Å². The van der Waals surface area contributed by atoms with Crippen molar-refractivity contribution in [2.24, 2.45) is 11.8 Å². The third-order valence-corrected chi connectivity index (χ3v) is 4.71. The molecule has 0 radical (unpaired) electrons. The van der Waals surface area contributed by atoms with Gasteiger partial charge < -0.3 is 10.2 Å². The van der Waals surface area contributed by atoms with Crippen molar-refractivity contribution < 1.29 is 9.18 Å². The van der Waals surface area contributed by atoms with Gasteiger partial charge in [0.2, 0.25) is 5.91 Å². The van der Waals surface area contributed by atoms with E-state index in [1.54, 1.807) is 12.1 Å². The van der Waals surface area contributed by atoms with Crippen LogP contribution in [0.25, 0.3) is 0 Å². The number of hydrogen-bond donors (Lipinski definition) is 1. The van der Waals surface area contributed by atoms with Crippen molar-refractivity contribution in [2.45, 2.75) is 32.2 Å². The Labute approximate surface area is 137 Å². The Bertz CT molecular complexity index is 517. The average molecular weight is 327 g/mol. The first-order valence-corrected chi connectivity index (χ1v) is 7.91.